The molecule has 0 N–H and O–H groups in total. The number of carbonyl (C=O) groups is 1. The fraction of sp³-hybridized carbons (Fsp3) is 0.231. The maximum atomic E-state index is 12.2. The summed E-state index contributed by atoms with van der Waals surface area (Å²) in [6, 6.07) is 7.65. The third-order valence-electron chi connectivity index (χ3n) is 3.01. The van der Waals surface area contributed by atoms with E-state index in [1.165, 1.54) is 11.5 Å². The zero-order valence-corrected chi connectivity index (χ0v) is 9.94. The van der Waals surface area contributed by atoms with Gasteiger partial charge >= 0.3 is 0 Å². The van der Waals surface area contributed by atoms with Gasteiger partial charge in [0.05, 0.1) is 16.1 Å². The molecule has 3 rings (SSSR count). The van der Waals surface area contributed by atoms with Crippen LogP contribution < -0.4 is 5.56 Å². The number of ketones is 1. The highest BCUT2D eigenvalue weighted by Crippen LogP contribution is 2.25. The Bertz CT molecular complexity index is 665. The lowest BCUT2D eigenvalue weighted by atomic mass is 10.0. The van der Waals surface area contributed by atoms with Gasteiger partial charge in [-0.1, -0.05) is 29.7 Å². The number of rotatable bonds is 1. The quantitative estimate of drug-likeness (QED) is 0.774. The van der Waals surface area contributed by atoms with Crippen LogP contribution in [0.3, 0.4) is 0 Å². The van der Waals surface area contributed by atoms with Crippen LogP contribution in [-0.4, -0.2) is 9.74 Å². The van der Waals surface area contributed by atoms with Crippen LogP contribution in [0.2, 0.25) is 0 Å². The number of carbonyl (C=O) groups excluding carboxylic acids is 1. The molecule has 4 heteroatoms. The average Bonchev–Trinajstić information content (AvgIpc) is 2.69. The standard InChI is InChI=1S/C13H11NO2S/c15-10-7-5-9(6-8-10)14-13(16)11-3-1-2-4-12(11)17-14/h1-5,7,9H,6,8H2. The van der Waals surface area contributed by atoms with Gasteiger partial charge in [0.2, 0.25) is 0 Å². The van der Waals surface area contributed by atoms with Crippen molar-refractivity contribution in [2.75, 3.05) is 0 Å². The van der Waals surface area contributed by atoms with Crippen LogP contribution in [0.1, 0.15) is 18.9 Å². The van der Waals surface area contributed by atoms with E-state index in [-0.39, 0.29) is 17.4 Å². The van der Waals surface area contributed by atoms with Crippen molar-refractivity contribution < 1.29 is 4.79 Å². The predicted octanol–water partition coefficient (Wildman–Crippen LogP) is 2.52. The Labute approximate surface area is 102 Å². The second-order valence-corrected chi connectivity index (χ2v) is 5.17. The van der Waals surface area contributed by atoms with E-state index in [1.807, 2.05) is 30.3 Å². The van der Waals surface area contributed by atoms with Gasteiger partial charge in [-0.05, 0) is 24.6 Å². The SMILES string of the molecule is O=C1C=CC(n2sc3ccccc3c2=O)CC1. The molecule has 86 valence electrons. The summed E-state index contributed by atoms with van der Waals surface area (Å²) in [6.45, 7) is 0. The molecule has 1 unspecified atom stereocenters. The normalized spacial score (nSPS) is 20.0. The van der Waals surface area contributed by atoms with Crippen molar-refractivity contribution in [2.45, 2.75) is 18.9 Å². The van der Waals surface area contributed by atoms with Crippen molar-refractivity contribution in [3.8, 4) is 0 Å². The Morgan fingerprint density at radius 2 is 2.06 bits per heavy atom. The summed E-state index contributed by atoms with van der Waals surface area (Å²) < 4.78 is 2.77. The highest BCUT2D eigenvalue weighted by atomic mass is 32.1. The first-order valence-electron chi connectivity index (χ1n) is 5.57. The number of nitrogens with zero attached hydrogens (tertiary/aromatic N) is 1. The Morgan fingerprint density at radius 1 is 1.24 bits per heavy atom. The number of aromatic nitrogens is 1. The highest BCUT2D eigenvalue weighted by molar-refractivity contribution is 7.13. The molecular weight excluding hydrogens is 234 g/mol. The van der Waals surface area contributed by atoms with Crippen LogP contribution in [-0.2, 0) is 4.79 Å². The van der Waals surface area contributed by atoms with Gasteiger partial charge in [-0.25, -0.2) is 0 Å². The Hall–Kier alpha value is -1.68. The van der Waals surface area contributed by atoms with E-state index in [4.69, 9.17) is 0 Å². The van der Waals surface area contributed by atoms with E-state index in [9.17, 15) is 9.59 Å². The first-order valence-corrected chi connectivity index (χ1v) is 6.34. The van der Waals surface area contributed by atoms with Crippen LogP contribution in [0, 0.1) is 0 Å². The molecule has 0 amide bonds. The first-order chi connectivity index (χ1) is 8.25. The molecule has 0 aliphatic heterocycles. The largest absolute Gasteiger partial charge is 0.295 e. The van der Waals surface area contributed by atoms with Crippen LogP contribution in [0.25, 0.3) is 10.1 Å². The lowest BCUT2D eigenvalue weighted by Gasteiger charge is -2.15. The van der Waals surface area contributed by atoms with E-state index in [2.05, 4.69) is 0 Å². The highest BCUT2D eigenvalue weighted by Gasteiger charge is 2.18. The van der Waals surface area contributed by atoms with E-state index in [0.717, 1.165) is 16.5 Å². The van der Waals surface area contributed by atoms with Crippen molar-refractivity contribution >= 4 is 27.4 Å². The number of fused-ring (bicyclic) bond motifs is 1. The third-order valence-corrected chi connectivity index (χ3v) is 4.19. The summed E-state index contributed by atoms with van der Waals surface area (Å²) >= 11 is 1.47. The van der Waals surface area contributed by atoms with Crippen LogP contribution >= 0.6 is 11.5 Å². The van der Waals surface area contributed by atoms with E-state index >= 15 is 0 Å². The lowest BCUT2D eigenvalue weighted by Crippen LogP contribution is -2.20. The van der Waals surface area contributed by atoms with Crippen molar-refractivity contribution in [3.63, 3.8) is 0 Å². The van der Waals surface area contributed by atoms with Crippen molar-refractivity contribution in [3.05, 3.63) is 46.8 Å². The number of allylic oxidation sites excluding steroid dienone is 2. The molecule has 0 saturated carbocycles. The van der Waals surface area contributed by atoms with Crippen LogP contribution in [0.5, 0.6) is 0 Å². The Balaban J connectivity index is 2.12. The monoisotopic (exact) mass is 245 g/mol. The topological polar surface area (TPSA) is 39.1 Å². The van der Waals surface area contributed by atoms with Crippen molar-refractivity contribution in [1.82, 2.24) is 3.96 Å². The minimum Gasteiger partial charge on any atom is -0.295 e. The van der Waals surface area contributed by atoms with Gasteiger partial charge in [0.1, 0.15) is 0 Å². The molecule has 1 heterocycles. The first kappa shape index (κ1) is 10.5. The van der Waals surface area contributed by atoms with E-state index < -0.39 is 0 Å². The summed E-state index contributed by atoms with van der Waals surface area (Å²) in [5.74, 6) is 0.149. The minimum absolute atomic E-state index is 0.0394. The minimum atomic E-state index is 0.0394. The fourth-order valence-electron chi connectivity index (χ4n) is 2.09. The van der Waals surface area contributed by atoms with Gasteiger partial charge in [0.15, 0.2) is 5.78 Å². The predicted molar refractivity (Wildman–Crippen MR) is 68.5 cm³/mol. The molecule has 1 aromatic heterocycles. The zero-order valence-electron chi connectivity index (χ0n) is 9.13. The van der Waals surface area contributed by atoms with Crippen molar-refractivity contribution in [1.29, 1.82) is 0 Å². The molecule has 0 bridgehead atoms. The fourth-order valence-corrected chi connectivity index (χ4v) is 3.19. The Kier molecular flexibility index (Phi) is 2.44. The van der Waals surface area contributed by atoms with Gasteiger partial charge in [0.25, 0.3) is 5.56 Å². The molecule has 0 radical (unpaired) electrons. The summed E-state index contributed by atoms with van der Waals surface area (Å²) in [5, 5.41) is 0.766. The number of benzene rings is 1. The molecule has 1 atom stereocenters. The number of hydrogen-bond donors (Lipinski definition) is 0. The third kappa shape index (κ3) is 1.74. The van der Waals surface area contributed by atoms with Gasteiger partial charge in [-0.2, -0.15) is 0 Å². The van der Waals surface area contributed by atoms with Gasteiger partial charge in [0, 0.05) is 6.42 Å². The molecule has 17 heavy (non-hydrogen) atoms. The molecule has 0 fully saturated rings. The van der Waals surface area contributed by atoms with E-state index in [0.29, 0.717) is 6.42 Å². The smallest absolute Gasteiger partial charge is 0.269 e. The van der Waals surface area contributed by atoms with Gasteiger partial charge < -0.3 is 0 Å². The molecule has 0 spiro atoms. The average molecular weight is 245 g/mol. The summed E-state index contributed by atoms with van der Waals surface area (Å²) in [4.78, 5) is 23.3. The molecular formula is C13H11NO2S. The molecule has 0 saturated heterocycles. The lowest BCUT2D eigenvalue weighted by molar-refractivity contribution is -0.115. The summed E-state index contributed by atoms with van der Waals surface area (Å²) in [6.07, 6.45) is 4.68. The van der Waals surface area contributed by atoms with Crippen molar-refractivity contribution in [2.24, 2.45) is 0 Å². The summed E-state index contributed by atoms with van der Waals surface area (Å²) in [7, 11) is 0. The second-order valence-electron chi connectivity index (χ2n) is 4.15. The van der Waals surface area contributed by atoms with Gasteiger partial charge in [-0.3, -0.25) is 13.5 Å². The van der Waals surface area contributed by atoms with Crippen LogP contribution in [0.4, 0.5) is 0 Å². The molecule has 1 aliphatic rings. The molecule has 1 aliphatic carbocycles. The zero-order chi connectivity index (χ0) is 11.8. The van der Waals surface area contributed by atoms with Crippen LogP contribution in [0.15, 0.2) is 41.2 Å². The second kappa shape index (κ2) is 3.96. The molecule has 2 aromatic rings. The number of hydrogen-bond acceptors (Lipinski definition) is 3. The summed E-state index contributed by atoms with van der Waals surface area (Å²) in [5.41, 5.74) is 0.0506. The molecule has 3 nitrogen and oxygen atoms in total. The maximum Gasteiger partial charge on any atom is 0.269 e. The van der Waals surface area contributed by atoms with E-state index in [1.54, 1.807) is 10.0 Å². The Morgan fingerprint density at radius 3 is 2.76 bits per heavy atom. The molecule has 1 aromatic carbocycles. The maximum absolute atomic E-state index is 12.2. The van der Waals surface area contributed by atoms with Gasteiger partial charge in [-0.15, -0.1) is 0 Å².